The van der Waals surface area contributed by atoms with Gasteiger partial charge in [0, 0.05) is 11.4 Å². The van der Waals surface area contributed by atoms with Gasteiger partial charge in [-0.2, -0.15) is 0 Å². The normalized spacial score (nSPS) is 11.1. The fraction of sp³-hybridized carbons (Fsp3) is 0. The van der Waals surface area contributed by atoms with E-state index in [1.54, 1.807) is 0 Å². The Bertz CT molecular complexity index is 1300. The van der Waals surface area contributed by atoms with Crippen LogP contribution in [0.15, 0.2) is 97.1 Å². The Hall–Kier alpha value is -3.78. The van der Waals surface area contributed by atoms with Gasteiger partial charge in [0.05, 0.1) is 0 Å². The Morgan fingerprint density at radius 3 is 1.68 bits per heavy atom. The Morgan fingerprint density at radius 2 is 1.04 bits per heavy atom. The van der Waals surface area contributed by atoms with Crippen LogP contribution in [0.1, 0.15) is 0 Å². The molecule has 134 valence electrons. The molecule has 0 aliphatic rings. The summed E-state index contributed by atoms with van der Waals surface area (Å²) in [6.07, 6.45) is 0. The predicted molar refractivity (Wildman–Crippen MR) is 121 cm³/mol. The highest BCUT2D eigenvalue weighted by atomic mass is 14.5. The van der Waals surface area contributed by atoms with Crippen molar-refractivity contribution in [3.8, 4) is 22.3 Å². The molecule has 2 nitrogen and oxygen atoms in total. The first-order chi connectivity index (χ1) is 13.7. The Kier molecular flexibility index (Phi) is 3.77. The summed E-state index contributed by atoms with van der Waals surface area (Å²) in [7, 11) is 0. The molecule has 5 aromatic rings. The lowest BCUT2D eigenvalue weighted by Gasteiger charge is -2.15. The fourth-order valence-corrected chi connectivity index (χ4v) is 3.88. The largest absolute Gasteiger partial charge is 0.399 e. The van der Waals surface area contributed by atoms with E-state index in [-0.39, 0.29) is 0 Å². The second kappa shape index (κ2) is 6.43. The number of benzene rings is 5. The Morgan fingerprint density at radius 1 is 0.464 bits per heavy atom. The molecule has 0 aliphatic carbocycles. The molecule has 0 saturated carbocycles. The summed E-state index contributed by atoms with van der Waals surface area (Å²) in [6.45, 7) is 0. The lowest BCUT2D eigenvalue weighted by molar-refractivity contribution is 1.60. The highest BCUT2D eigenvalue weighted by Crippen LogP contribution is 2.40. The van der Waals surface area contributed by atoms with Gasteiger partial charge in [-0.1, -0.05) is 60.7 Å². The summed E-state index contributed by atoms with van der Waals surface area (Å²) in [5.74, 6) is 0. The standard InChI is InChI=1S/C26H20N2/c27-22-10-5-17(6-11-22)24-14-9-21-15-19-3-1-2-4-20(19)16-25(21)26(24)18-7-12-23(28)13-8-18/h1-16H,27-28H2. The zero-order valence-corrected chi connectivity index (χ0v) is 15.4. The van der Waals surface area contributed by atoms with Crippen molar-refractivity contribution in [3.63, 3.8) is 0 Å². The molecule has 4 N–H and O–H groups in total. The maximum absolute atomic E-state index is 5.94. The summed E-state index contributed by atoms with van der Waals surface area (Å²) in [5.41, 5.74) is 18.1. The maximum Gasteiger partial charge on any atom is 0.0314 e. The summed E-state index contributed by atoms with van der Waals surface area (Å²) in [4.78, 5) is 0. The third kappa shape index (κ3) is 2.76. The van der Waals surface area contributed by atoms with Gasteiger partial charge in [0.25, 0.3) is 0 Å². The summed E-state index contributed by atoms with van der Waals surface area (Å²) < 4.78 is 0. The molecule has 0 radical (unpaired) electrons. The molecule has 0 unspecified atom stereocenters. The molecule has 0 heterocycles. The zero-order chi connectivity index (χ0) is 19.1. The van der Waals surface area contributed by atoms with E-state index in [0.29, 0.717) is 0 Å². The Labute approximate surface area is 164 Å². The second-order valence-electron chi connectivity index (χ2n) is 7.15. The number of hydrogen-bond donors (Lipinski definition) is 2. The maximum atomic E-state index is 5.94. The monoisotopic (exact) mass is 360 g/mol. The minimum Gasteiger partial charge on any atom is -0.399 e. The summed E-state index contributed by atoms with van der Waals surface area (Å²) >= 11 is 0. The van der Waals surface area contributed by atoms with Crippen molar-refractivity contribution < 1.29 is 0 Å². The van der Waals surface area contributed by atoms with E-state index >= 15 is 0 Å². The summed E-state index contributed by atoms with van der Waals surface area (Å²) in [6, 6.07) is 33.6. The van der Waals surface area contributed by atoms with Gasteiger partial charge in [-0.3, -0.25) is 0 Å². The van der Waals surface area contributed by atoms with Crippen molar-refractivity contribution in [3.05, 3.63) is 97.1 Å². The van der Waals surface area contributed by atoms with Gasteiger partial charge in [0.2, 0.25) is 0 Å². The van der Waals surface area contributed by atoms with Crippen LogP contribution in [-0.4, -0.2) is 0 Å². The molecule has 0 atom stereocenters. The number of hydrogen-bond acceptors (Lipinski definition) is 2. The molecule has 5 rings (SSSR count). The number of fused-ring (bicyclic) bond motifs is 2. The predicted octanol–water partition coefficient (Wildman–Crippen LogP) is 6.49. The van der Waals surface area contributed by atoms with Crippen LogP contribution in [0.5, 0.6) is 0 Å². The number of nitrogens with two attached hydrogens (primary N) is 2. The van der Waals surface area contributed by atoms with Crippen molar-refractivity contribution in [2.24, 2.45) is 0 Å². The third-order valence-corrected chi connectivity index (χ3v) is 5.31. The molecular formula is C26H20N2. The molecule has 28 heavy (non-hydrogen) atoms. The minimum absolute atomic E-state index is 0.767. The van der Waals surface area contributed by atoms with Crippen molar-refractivity contribution in [1.29, 1.82) is 0 Å². The SMILES string of the molecule is Nc1ccc(-c2ccc3cc4ccccc4cc3c2-c2ccc(N)cc2)cc1. The highest BCUT2D eigenvalue weighted by molar-refractivity contribution is 6.09. The van der Waals surface area contributed by atoms with Crippen molar-refractivity contribution in [2.45, 2.75) is 0 Å². The third-order valence-electron chi connectivity index (χ3n) is 5.31. The van der Waals surface area contributed by atoms with E-state index in [4.69, 9.17) is 11.5 Å². The van der Waals surface area contributed by atoms with Gasteiger partial charge in [0.1, 0.15) is 0 Å². The van der Waals surface area contributed by atoms with Crippen molar-refractivity contribution >= 4 is 32.9 Å². The van der Waals surface area contributed by atoms with Crippen LogP contribution in [0.3, 0.4) is 0 Å². The average molecular weight is 360 g/mol. The van der Waals surface area contributed by atoms with E-state index in [2.05, 4.69) is 72.8 Å². The second-order valence-corrected chi connectivity index (χ2v) is 7.15. The topological polar surface area (TPSA) is 52.0 Å². The van der Waals surface area contributed by atoms with E-state index in [1.807, 2.05) is 24.3 Å². The van der Waals surface area contributed by atoms with E-state index in [9.17, 15) is 0 Å². The van der Waals surface area contributed by atoms with E-state index in [1.165, 1.54) is 32.7 Å². The molecule has 0 aliphatic heterocycles. The lowest BCUT2D eigenvalue weighted by Crippen LogP contribution is -1.91. The molecular weight excluding hydrogens is 340 g/mol. The number of rotatable bonds is 2. The molecule has 0 amide bonds. The molecule has 0 aromatic heterocycles. The van der Waals surface area contributed by atoms with Crippen molar-refractivity contribution in [2.75, 3.05) is 11.5 Å². The Balaban J connectivity index is 1.88. The van der Waals surface area contributed by atoms with Crippen LogP contribution in [0, 0.1) is 0 Å². The van der Waals surface area contributed by atoms with Gasteiger partial charge in [-0.05, 0) is 80.2 Å². The van der Waals surface area contributed by atoms with Crippen LogP contribution >= 0.6 is 0 Å². The first-order valence-electron chi connectivity index (χ1n) is 9.36. The average Bonchev–Trinajstić information content (AvgIpc) is 2.73. The molecule has 5 aromatic carbocycles. The van der Waals surface area contributed by atoms with Crippen LogP contribution in [0.2, 0.25) is 0 Å². The molecule has 0 fully saturated rings. The smallest absolute Gasteiger partial charge is 0.0314 e. The fourth-order valence-electron chi connectivity index (χ4n) is 3.88. The molecule has 0 spiro atoms. The molecule has 2 heteroatoms. The quantitative estimate of drug-likeness (QED) is 0.279. The van der Waals surface area contributed by atoms with Gasteiger partial charge in [-0.15, -0.1) is 0 Å². The van der Waals surface area contributed by atoms with Gasteiger partial charge >= 0.3 is 0 Å². The number of nitrogen functional groups attached to an aromatic ring is 2. The van der Waals surface area contributed by atoms with Crippen LogP contribution in [-0.2, 0) is 0 Å². The van der Waals surface area contributed by atoms with Crippen molar-refractivity contribution in [1.82, 2.24) is 0 Å². The van der Waals surface area contributed by atoms with Gasteiger partial charge in [0.15, 0.2) is 0 Å². The van der Waals surface area contributed by atoms with E-state index < -0.39 is 0 Å². The summed E-state index contributed by atoms with van der Waals surface area (Å²) in [5, 5.41) is 4.95. The van der Waals surface area contributed by atoms with E-state index in [0.717, 1.165) is 22.5 Å². The van der Waals surface area contributed by atoms with Gasteiger partial charge < -0.3 is 11.5 Å². The first kappa shape index (κ1) is 16.4. The van der Waals surface area contributed by atoms with Crippen LogP contribution < -0.4 is 11.5 Å². The van der Waals surface area contributed by atoms with Crippen LogP contribution in [0.25, 0.3) is 43.8 Å². The first-order valence-corrected chi connectivity index (χ1v) is 9.36. The van der Waals surface area contributed by atoms with Gasteiger partial charge in [-0.25, -0.2) is 0 Å². The molecule has 0 saturated heterocycles. The van der Waals surface area contributed by atoms with Crippen LogP contribution in [0.4, 0.5) is 11.4 Å². The minimum atomic E-state index is 0.767. The lowest BCUT2D eigenvalue weighted by atomic mass is 9.88. The molecule has 0 bridgehead atoms. The number of anilines is 2. The zero-order valence-electron chi connectivity index (χ0n) is 15.4. The highest BCUT2D eigenvalue weighted by Gasteiger charge is 2.13.